The van der Waals surface area contributed by atoms with Gasteiger partial charge in [0, 0.05) is 6.21 Å². The predicted molar refractivity (Wildman–Crippen MR) is 153 cm³/mol. The van der Waals surface area contributed by atoms with Gasteiger partial charge in [0.2, 0.25) is 0 Å². The molecule has 1 aliphatic heterocycles. The van der Waals surface area contributed by atoms with Crippen LogP contribution in [-0.4, -0.2) is 12.8 Å². The van der Waals surface area contributed by atoms with Crippen molar-refractivity contribution in [2.75, 3.05) is 6.54 Å². The summed E-state index contributed by atoms with van der Waals surface area (Å²) in [6, 6.07) is 15.2. The number of allylic oxidation sites excluding steroid dienone is 1. The molecule has 0 spiro atoms. The Labute approximate surface area is 227 Å². The first-order valence-electron chi connectivity index (χ1n) is 14.8. The van der Waals surface area contributed by atoms with Crippen LogP contribution in [0.25, 0.3) is 0 Å². The molecule has 0 amide bonds. The first kappa shape index (κ1) is 28.6. The summed E-state index contributed by atoms with van der Waals surface area (Å²) in [7, 11) is 0. The third-order valence-corrected chi connectivity index (χ3v) is 9.00. The third kappa shape index (κ3) is 8.07. The Kier molecular flexibility index (Phi) is 10.3. The Balaban J connectivity index is 1.23. The van der Waals surface area contributed by atoms with Crippen molar-refractivity contribution in [1.29, 1.82) is 0 Å². The summed E-state index contributed by atoms with van der Waals surface area (Å²) in [4.78, 5) is 4.38. The standard InChI is InChI=1S/C34H44F3N/c1-3-6-31(32-21-22-38-24-32)10-4-7-26-11-13-28(14-12-26)23-27-8-5-9-29(16-15-27)25(2)30-17-19-33(20-18-30)34(35,36)37/h11-14,17-22,25,27,29,31H,3-10,15-16,23-24H2,1-2H3. The largest absolute Gasteiger partial charge is 0.416 e. The van der Waals surface area contributed by atoms with Crippen molar-refractivity contribution in [3.05, 3.63) is 82.4 Å². The van der Waals surface area contributed by atoms with E-state index in [4.69, 9.17) is 0 Å². The first-order chi connectivity index (χ1) is 18.3. The van der Waals surface area contributed by atoms with Crippen LogP contribution in [0.4, 0.5) is 13.2 Å². The fourth-order valence-electron chi connectivity index (χ4n) is 6.58. The van der Waals surface area contributed by atoms with Gasteiger partial charge >= 0.3 is 6.18 Å². The maximum absolute atomic E-state index is 12.9. The van der Waals surface area contributed by atoms with Gasteiger partial charge in [-0.05, 0) is 116 Å². The zero-order chi connectivity index (χ0) is 27.0. The van der Waals surface area contributed by atoms with Gasteiger partial charge in [0.1, 0.15) is 0 Å². The van der Waals surface area contributed by atoms with Crippen LogP contribution in [0.5, 0.6) is 0 Å². The maximum atomic E-state index is 12.9. The summed E-state index contributed by atoms with van der Waals surface area (Å²) in [6.45, 7) is 5.36. The van der Waals surface area contributed by atoms with Gasteiger partial charge in [0.05, 0.1) is 12.1 Å². The molecule has 2 aromatic carbocycles. The van der Waals surface area contributed by atoms with Gasteiger partial charge in [0.15, 0.2) is 0 Å². The molecule has 0 aromatic heterocycles. The second-order valence-corrected chi connectivity index (χ2v) is 11.7. The fourth-order valence-corrected chi connectivity index (χ4v) is 6.58. The van der Waals surface area contributed by atoms with Crippen molar-refractivity contribution in [3.8, 4) is 0 Å². The molecule has 1 heterocycles. The molecule has 0 bridgehead atoms. The van der Waals surface area contributed by atoms with Gasteiger partial charge in [0.25, 0.3) is 0 Å². The second kappa shape index (κ2) is 13.6. The third-order valence-electron chi connectivity index (χ3n) is 9.00. The fraction of sp³-hybridized carbons (Fsp3) is 0.559. The van der Waals surface area contributed by atoms with E-state index in [1.165, 1.54) is 80.2 Å². The average Bonchev–Trinajstić information content (AvgIpc) is 3.35. The van der Waals surface area contributed by atoms with Crippen LogP contribution in [-0.2, 0) is 19.0 Å². The summed E-state index contributed by atoms with van der Waals surface area (Å²) in [5.41, 5.74) is 4.86. The first-order valence-corrected chi connectivity index (χ1v) is 14.8. The number of hydrogen-bond donors (Lipinski definition) is 0. The van der Waals surface area contributed by atoms with E-state index in [1.807, 2.05) is 6.21 Å². The minimum Gasteiger partial charge on any atom is -0.289 e. The summed E-state index contributed by atoms with van der Waals surface area (Å²) in [6.07, 6.45) is 13.1. The molecule has 2 aliphatic rings. The Bertz CT molecular complexity index is 1050. The number of hydrogen-bond acceptors (Lipinski definition) is 1. The molecule has 1 nitrogen and oxygen atoms in total. The van der Waals surface area contributed by atoms with Crippen LogP contribution < -0.4 is 0 Å². The zero-order valence-electron chi connectivity index (χ0n) is 23.1. The minimum absolute atomic E-state index is 0.296. The van der Waals surface area contributed by atoms with E-state index in [1.54, 1.807) is 12.1 Å². The van der Waals surface area contributed by atoms with Crippen LogP contribution in [0, 0.1) is 17.8 Å². The lowest BCUT2D eigenvalue weighted by molar-refractivity contribution is -0.137. The van der Waals surface area contributed by atoms with E-state index in [0.29, 0.717) is 23.7 Å². The summed E-state index contributed by atoms with van der Waals surface area (Å²) in [5, 5.41) is 0. The molecule has 206 valence electrons. The summed E-state index contributed by atoms with van der Waals surface area (Å²) >= 11 is 0. The number of rotatable bonds is 11. The van der Waals surface area contributed by atoms with Crippen molar-refractivity contribution >= 4 is 6.21 Å². The number of halogens is 3. The van der Waals surface area contributed by atoms with Gasteiger partial charge in [-0.15, -0.1) is 0 Å². The highest BCUT2D eigenvalue weighted by Gasteiger charge is 2.31. The quantitative estimate of drug-likeness (QED) is 0.260. The molecule has 0 N–H and O–H groups in total. The van der Waals surface area contributed by atoms with Crippen molar-refractivity contribution in [2.45, 2.75) is 96.6 Å². The Morgan fingerprint density at radius 2 is 1.63 bits per heavy atom. The highest BCUT2D eigenvalue weighted by molar-refractivity contribution is 5.75. The van der Waals surface area contributed by atoms with Crippen molar-refractivity contribution < 1.29 is 13.2 Å². The Morgan fingerprint density at radius 3 is 2.29 bits per heavy atom. The van der Waals surface area contributed by atoms with Crippen molar-refractivity contribution in [3.63, 3.8) is 0 Å². The van der Waals surface area contributed by atoms with Gasteiger partial charge in [-0.25, -0.2) is 0 Å². The molecule has 2 aromatic rings. The zero-order valence-corrected chi connectivity index (χ0v) is 23.1. The van der Waals surface area contributed by atoms with E-state index in [-0.39, 0.29) is 0 Å². The highest BCUT2D eigenvalue weighted by atomic mass is 19.4. The van der Waals surface area contributed by atoms with Crippen LogP contribution >= 0.6 is 0 Å². The molecular weight excluding hydrogens is 479 g/mol. The monoisotopic (exact) mass is 523 g/mol. The molecule has 4 atom stereocenters. The minimum atomic E-state index is -4.27. The number of alkyl halides is 3. The normalized spacial score (nSPS) is 21.7. The van der Waals surface area contributed by atoms with Gasteiger partial charge in [-0.1, -0.05) is 69.5 Å². The second-order valence-electron chi connectivity index (χ2n) is 11.7. The van der Waals surface area contributed by atoms with Crippen LogP contribution in [0.2, 0.25) is 0 Å². The van der Waals surface area contributed by atoms with Gasteiger partial charge in [-0.3, -0.25) is 4.99 Å². The van der Waals surface area contributed by atoms with E-state index in [0.717, 1.165) is 31.4 Å². The molecule has 0 saturated heterocycles. The van der Waals surface area contributed by atoms with Crippen LogP contribution in [0.15, 0.2) is 65.2 Å². The molecule has 4 rings (SSSR count). The topological polar surface area (TPSA) is 12.4 Å². The van der Waals surface area contributed by atoms with Crippen LogP contribution in [0.3, 0.4) is 0 Å². The Hall–Kier alpha value is -2.36. The van der Waals surface area contributed by atoms with Crippen molar-refractivity contribution in [1.82, 2.24) is 0 Å². The number of nitrogens with zero attached hydrogens (tertiary/aromatic N) is 1. The van der Waals surface area contributed by atoms with E-state index >= 15 is 0 Å². The molecule has 0 radical (unpaired) electrons. The lowest BCUT2D eigenvalue weighted by Gasteiger charge is -2.23. The maximum Gasteiger partial charge on any atom is 0.416 e. The number of benzene rings is 2. The SMILES string of the molecule is CCCC(CCCc1ccc(CC2CCCC(C(C)c3ccc(C(F)(F)F)cc3)CC2)cc1)C1=CC=NC1. The highest BCUT2D eigenvalue weighted by Crippen LogP contribution is 2.38. The molecule has 38 heavy (non-hydrogen) atoms. The summed E-state index contributed by atoms with van der Waals surface area (Å²) < 4.78 is 38.8. The molecule has 1 aliphatic carbocycles. The van der Waals surface area contributed by atoms with Gasteiger partial charge < -0.3 is 0 Å². The van der Waals surface area contributed by atoms with Crippen LogP contribution in [0.1, 0.15) is 99.8 Å². The summed E-state index contributed by atoms with van der Waals surface area (Å²) in [5.74, 6) is 2.22. The van der Waals surface area contributed by atoms with Gasteiger partial charge in [-0.2, -0.15) is 13.2 Å². The smallest absolute Gasteiger partial charge is 0.289 e. The molecular formula is C34H44F3N. The lowest BCUT2D eigenvalue weighted by Crippen LogP contribution is -2.11. The predicted octanol–water partition coefficient (Wildman–Crippen LogP) is 10.00. The lowest BCUT2D eigenvalue weighted by atomic mass is 9.82. The van der Waals surface area contributed by atoms with E-state index in [2.05, 4.69) is 49.2 Å². The van der Waals surface area contributed by atoms with Crippen molar-refractivity contribution in [2.24, 2.45) is 22.7 Å². The molecule has 1 saturated carbocycles. The molecule has 1 fully saturated rings. The number of aryl methyl sites for hydroxylation is 1. The number of aliphatic imine (C=N–C) groups is 1. The van der Waals surface area contributed by atoms with E-state index < -0.39 is 11.7 Å². The molecule has 4 unspecified atom stereocenters. The molecule has 4 heteroatoms. The Morgan fingerprint density at radius 1 is 0.895 bits per heavy atom. The average molecular weight is 524 g/mol. The van der Waals surface area contributed by atoms with E-state index in [9.17, 15) is 13.2 Å².